The fraction of sp³-hybridized carbons (Fsp3) is 0.250. The summed E-state index contributed by atoms with van der Waals surface area (Å²) in [7, 11) is -1.37. The van der Waals surface area contributed by atoms with Crippen molar-refractivity contribution in [1.82, 2.24) is 20.2 Å². The Kier molecular flexibility index (Phi) is 10.3. The Balaban J connectivity index is 1.74. The molecule has 0 saturated carbocycles. The largest absolute Gasteiger partial charge is 0.497 e. The highest BCUT2D eigenvalue weighted by Gasteiger charge is 2.27. The van der Waals surface area contributed by atoms with Gasteiger partial charge in [-0.2, -0.15) is 4.80 Å². The molecule has 48 heavy (non-hydrogen) atoms. The molecule has 0 aliphatic carbocycles. The summed E-state index contributed by atoms with van der Waals surface area (Å²) in [5, 5.41) is 19.2. The second-order valence-electron chi connectivity index (χ2n) is 12.3. The van der Waals surface area contributed by atoms with Gasteiger partial charge in [0.05, 0.1) is 38.3 Å². The van der Waals surface area contributed by atoms with Crippen LogP contribution in [0.1, 0.15) is 33.4 Å². The van der Waals surface area contributed by atoms with E-state index in [1.165, 1.54) is 4.80 Å². The van der Waals surface area contributed by atoms with E-state index in [-0.39, 0.29) is 16.3 Å². The van der Waals surface area contributed by atoms with Crippen molar-refractivity contribution < 1.29 is 22.6 Å². The van der Waals surface area contributed by atoms with Crippen molar-refractivity contribution in [3.63, 3.8) is 0 Å². The van der Waals surface area contributed by atoms with Crippen LogP contribution in [0.5, 0.6) is 17.2 Å². The van der Waals surface area contributed by atoms with E-state index in [2.05, 4.69) is 46.5 Å². The summed E-state index contributed by atoms with van der Waals surface area (Å²) in [5.41, 5.74) is 8.73. The summed E-state index contributed by atoms with van der Waals surface area (Å²) in [6, 6.07) is 24.6. The number of aromatic nitrogens is 4. The predicted octanol–water partition coefficient (Wildman–Crippen LogP) is 5.47. The monoisotopic (exact) mass is 681 g/mol. The minimum absolute atomic E-state index is 0.103. The van der Waals surface area contributed by atoms with Crippen LogP contribution in [0.2, 0.25) is 19.6 Å². The fourth-order valence-corrected chi connectivity index (χ4v) is 6.45. The van der Waals surface area contributed by atoms with Crippen LogP contribution in [0.3, 0.4) is 0 Å². The third kappa shape index (κ3) is 8.49. The maximum absolute atomic E-state index is 13.4. The van der Waals surface area contributed by atoms with Crippen molar-refractivity contribution in [2.45, 2.75) is 43.9 Å². The van der Waals surface area contributed by atoms with Crippen LogP contribution in [0.25, 0.3) is 11.4 Å². The van der Waals surface area contributed by atoms with Crippen molar-refractivity contribution in [2.75, 3.05) is 21.3 Å². The van der Waals surface area contributed by atoms with Crippen molar-refractivity contribution >= 4 is 18.1 Å². The number of benzene rings is 4. The van der Waals surface area contributed by atoms with E-state index >= 15 is 0 Å². The number of methoxy groups -OCH3 is 3. The lowest BCUT2D eigenvalue weighted by Crippen LogP contribution is -2.18. The minimum atomic E-state index is -4.26. The molecule has 0 aliphatic heterocycles. The molecule has 2 N–H and O–H groups in total. The van der Waals surface area contributed by atoms with Gasteiger partial charge in [-0.1, -0.05) is 62.0 Å². The smallest absolute Gasteiger partial charge is 0.238 e. The number of sulfonamides is 1. The van der Waals surface area contributed by atoms with E-state index in [1.807, 2.05) is 72.8 Å². The molecule has 0 fully saturated rings. The van der Waals surface area contributed by atoms with E-state index in [0.29, 0.717) is 24.9 Å². The Morgan fingerprint density at radius 2 is 1.27 bits per heavy atom. The fourth-order valence-electron chi connectivity index (χ4n) is 5.16. The highest BCUT2D eigenvalue weighted by atomic mass is 32.2. The van der Waals surface area contributed by atoms with Gasteiger partial charge >= 0.3 is 0 Å². The van der Waals surface area contributed by atoms with Crippen LogP contribution in [0, 0.1) is 11.5 Å². The predicted molar refractivity (Wildman–Crippen MR) is 189 cm³/mol. The molecule has 0 aliphatic rings. The zero-order valence-corrected chi connectivity index (χ0v) is 29.8. The normalized spacial score (nSPS) is 11.5. The lowest BCUT2D eigenvalue weighted by atomic mass is 9.88. The molecule has 4 aromatic carbocycles. The van der Waals surface area contributed by atoms with Gasteiger partial charge in [-0.3, -0.25) is 0 Å². The second-order valence-corrected chi connectivity index (χ2v) is 18.6. The Hall–Kier alpha value is -4.96. The summed E-state index contributed by atoms with van der Waals surface area (Å²) in [6.07, 6.45) is 0.889. The van der Waals surface area contributed by atoms with E-state index in [0.717, 1.165) is 45.1 Å². The number of hydrogen-bond acceptors (Lipinski definition) is 8. The van der Waals surface area contributed by atoms with Crippen LogP contribution in [0.4, 0.5) is 0 Å². The molecule has 0 saturated heterocycles. The molecule has 248 valence electrons. The molecule has 0 unspecified atom stereocenters. The number of primary sulfonamides is 1. The average molecular weight is 682 g/mol. The standard InChI is InChI=1S/C36H39N5O5SSi/c1-44-29-13-7-25(8-14-29)21-28-23-34(47(37,42)43)35(36-38-40-41(39-36)24-27-11-17-31(46-3)18-12-27)32(19-20-48(4,5)6)33(28)22-26-9-15-30(45-2)16-10-26/h7-18,23H,21-22,24H2,1-6H3,(H2,37,42,43). The van der Waals surface area contributed by atoms with Crippen molar-refractivity contribution in [1.29, 1.82) is 0 Å². The van der Waals surface area contributed by atoms with Gasteiger partial charge in [0, 0.05) is 5.56 Å². The Morgan fingerprint density at radius 1 is 0.771 bits per heavy atom. The van der Waals surface area contributed by atoms with Crippen LogP contribution in [0.15, 0.2) is 83.8 Å². The summed E-state index contributed by atoms with van der Waals surface area (Å²) in [5.74, 6) is 5.72. The van der Waals surface area contributed by atoms with Gasteiger partial charge in [-0.25, -0.2) is 13.6 Å². The number of rotatable bonds is 11. The van der Waals surface area contributed by atoms with Gasteiger partial charge in [-0.05, 0) is 88.3 Å². The molecule has 0 radical (unpaired) electrons. The van der Waals surface area contributed by atoms with Crippen LogP contribution >= 0.6 is 0 Å². The summed E-state index contributed by atoms with van der Waals surface area (Å²) in [6.45, 7) is 6.71. The first-order chi connectivity index (χ1) is 22.9. The Labute approximate surface area is 282 Å². The maximum atomic E-state index is 13.4. The van der Waals surface area contributed by atoms with Crippen molar-refractivity contribution in [3.05, 3.63) is 112 Å². The molecule has 5 aromatic rings. The third-order valence-corrected chi connectivity index (χ3v) is 9.42. The molecular formula is C36H39N5O5SSi. The molecule has 5 rings (SSSR count). The minimum Gasteiger partial charge on any atom is -0.497 e. The molecule has 1 aromatic heterocycles. The molecule has 0 spiro atoms. The molecule has 0 atom stereocenters. The average Bonchev–Trinajstić information content (AvgIpc) is 3.52. The molecular weight excluding hydrogens is 643 g/mol. The first-order valence-electron chi connectivity index (χ1n) is 15.3. The summed E-state index contributed by atoms with van der Waals surface area (Å²) >= 11 is 0. The lowest BCUT2D eigenvalue weighted by molar-refractivity contribution is 0.414. The summed E-state index contributed by atoms with van der Waals surface area (Å²) < 4.78 is 42.8. The third-order valence-electron chi connectivity index (χ3n) is 7.61. The van der Waals surface area contributed by atoms with Gasteiger partial charge in [0.15, 0.2) is 0 Å². The quantitative estimate of drug-likeness (QED) is 0.143. The topological polar surface area (TPSA) is 131 Å². The molecule has 10 nitrogen and oxygen atoms in total. The highest BCUT2D eigenvalue weighted by molar-refractivity contribution is 7.89. The summed E-state index contributed by atoms with van der Waals surface area (Å²) in [4.78, 5) is 1.32. The van der Waals surface area contributed by atoms with E-state index in [9.17, 15) is 8.42 Å². The van der Waals surface area contributed by atoms with E-state index in [4.69, 9.17) is 19.3 Å². The van der Waals surface area contributed by atoms with Gasteiger partial charge < -0.3 is 14.2 Å². The Bertz CT molecular complexity index is 2060. The maximum Gasteiger partial charge on any atom is 0.238 e. The van der Waals surface area contributed by atoms with Crippen LogP contribution in [-0.4, -0.2) is 58.0 Å². The molecule has 1 heterocycles. The number of ether oxygens (including phenoxy) is 3. The van der Waals surface area contributed by atoms with Gasteiger partial charge in [0.1, 0.15) is 25.3 Å². The SMILES string of the molecule is COc1ccc(Cc2cc(S(N)(=O)=O)c(-c3nnn(Cc4ccc(OC)cc4)n3)c(C#C[Si](C)(C)C)c2Cc2ccc(OC)cc2)cc1. The first kappa shape index (κ1) is 34.4. The van der Waals surface area contributed by atoms with Gasteiger partial charge in [-0.15, -0.1) is 15.7 Å². The Morgan fingerprint density at radius 3 is 1.75 bits per heavy atom. The van der Waals surface area contributed by atoms with Crippen molar-refractivity contribution in [2.24, 2.45) is 5.14 Å². The number of nitrogens with two attached hydrogens (primary N) is 1. The van der Waals surface area contributed by atoms with Crippen LogP contribution < -0.4 is 19.3 Å². The van der Waals surface area contributed by atoms with Crippen molar-refractivity contribution in [3.8, 4) is 40.1 Å². The number of nitrogens with zero attached hydrogens (tertiary/aromatic N) is 4. The van der Waals surface area contributed by atoms with E-state index < -0.39 is 18.1 Å². The number of hydrogen-bond donors (Lipinski definition) is 1. The second kappa shape index (κ2) is 14.4. The van der Waals surface area contributed by atoms with Crippen LogP contribution in [-0.2, 0) is 29.4 Å². The van der Waals surface area contributed by atoms with Gasteiger partial charge in [0.25, 0.3) is 0 Å². The molecule has 0 bridgehead atoms. The molecule has 0 amide bonds. The number of tetrazole rings is 1. The van der Waals surface area contributed by atoms with Gasteiger partial charge in [0.2, 0.25) is 15.8 Å². The molecule has 12 heteroatoms. The highest BCUT2D eigenvalue weighted by Crippen LogP contribution is 2.35. The first-order valence-corrected chi connectivity index (χ1v) is 20.3. The zero-order chi connectivity index (χ0) is 34.5. The zero-order valence-electron chi connectivity index (χ0n) is 27.9. The van der Waals surface area contributed by atoms with E-state index in [1.54, 1.807) is 27.4 Å². The lowest BCUT2D eigenvalue weighted by Gasteiger charge is -2.19.